The van der Waals surface area contributed by atoms with Crippen molar-refractivity contribution in [1.82, 2.24) is 10.2 Å². The number of likely N-dealkylation sites (tertiary alicyclic amines) is 1. The molecule has 14 heavy (non-hydrogen) atoms. The van der Waals surface area contributed by atoms with E-state index >= 15 is 0 Å². The van der Waals surface area contributed by atoms with Crippen LogP contribution in [0.3, 0.4) is 0 Å². The second-order valence-electron chi connectivity index (χ2n) is 5.05. The van der Waals surface area contributed by atoms with E-state index in [1.165, 1.54) is 45.2 Å². The molecule has 2 fully saturated rings. The zero-order valence-corrected chi connectivity index (χ0v) is 9.63. The highest BCUT2D eigenvalue weighted by atomic mass is 15.2. The average Bonchev–Trinajstić information content (AvgIpc) is 2.95. The van der Waals surface area contributed by atoms with Gasteiger partial charge in [-0.2, -0.15) is 0 Å². The first-order chi connectivity index (χ1) is 6.81. The average molecular weight is 196 g/mol. The van der Waals surface area contributed by atoms with Crippen molar-refractivity contribution >= 4 is 0 Å². The lowest BCUT2D eigenvalue weighted by molar-refractivity contribution is 0.181. The molecule has 0 radical (unpaired) electrons. The van der Waals surface area contributed by atoms with Gasteiger partial charge in [0, 0.05) is 18.6 Å². The molecular weight excluding hydrogens is 172 g/mol. The van der Waals surface area contributed by atoms with Crippen LogP contribution in [-0.2, 0) is 0 Å². The molecule has 0 aromatic carbocycles. The predicted octanol–water partition coefficient (Wildman–Crippen LogP) is 1.86. The van der Waals surface area contributed by atoms with Crippen LogP contribution in [0.15, 0.2) is 0 Å². The van der Waals surface area contributed by atoms with Crippen LogP contribution >= 0.6 is 0 Å². The summed E-state index contributed by atoms with van der Waals surface area (Å²) in [5.74, 6) is 0.990. The molecule has 0 spiro atoms. The van der Waals surface area contributed by atoms with Crippen molar-refractivity contribution in [3.63, 3.8) is 0 Å². The highest BCUT2D eigenvalue weighted by Gasteiger charge is 2.35. The SMILES string of the molecule is CCC1CC1NCC1CCCCN1C. The van der Waals surface area contributed by atoms with Crippen LogP contribution in [0, 0.1) is 5.92 Å². The van der Waals surface area contributed by atoms with Crippen LogP contribution < -0.4 is 5.32 Å². The van der Waals surface area contributed by atoms with Gasteiger partial charge in [-0.3, -0.25) is 0 Å². The predicted molar refractivity (Wildman–Crippen MR) is 60.5 cm³/mol. The highest BCUT2D eigenvalue weighted by Crippen LogP contribution is 2.33. The van der Waals surface area contributed by atoms with E-state index < -0.39 is 0 Å². The molecule has 3 atom stereocenters. The van der Waals surface area contributed by atoms with E-state index in [2.05, 4.69) is 24.2 Å². The smallest absolute Gasteiger partial charge is 0.0217 e. The van der Waals surface area contributed by atoms with Crippen molar-refractivity contribution < 1.29 is 0 Å². The van der Waals surface area contributed by atoms with E-state index in [9.17, 15) is 0 Å². The van der Waals surface area contributed by atoms with Crippen molar-refractivity contribution in [3.8, 4) is 0 Å². The van der Waals surface area contributed by atoms with Gasteiger partial charge in [0.15, 0.2) is 0 Å². The van der Waals surface area contributed by atoms with Gasteiger partial charge in [0.25, 0.3) is 0 Å². The lowest BCUT2D eigenvalue weighted by Gasteiger charge is -2.32. The lowest BCUT2D eigenvalue weighted by Crippen LogP contribution is -2.43. The minimum absolute atomic E-state index is 0.807. The van der Waals surface area contributed by atoms with Crippen molar-refractivity contribution in [3.05, 3.63) is 0 Å². The van der Waals surface area contributed by atoms with Crippen LogP contribution in [0.25, 0.3) is 0 Å². The van der Waals surface area contributed by atoms with Gasteiger partial charge in [-0.25, -0.2) is 0 Å². The molecule has 2 heteroatoms. The first-order valence-electron chi connectivity index (χ1n) is 6.25. The Kier molecular flexibility index (Phi) is 3.45. The highest BCUT2D eigenvalue weighted by molar-refractivity contribution is 4.93. The second kappa shape index (κ2) is 4.63. The van der Waals surface area contributed by atoms with Crippen molar-refractivity contribution in [2.75, 3.05) is 20.1 Å². The molecule has 0 bridgehead atoms. The van der Waals surface area contributed by atoms with Crippen molar-refractivity contribution in [1.29, 1.82) is 0 Å². The molecule has 1 heterocycles. The molecule has 82 valence electrons. The molecule has 0 aromatic heterocycles. The quantitative estimate of drug-likeness (QED) is 0.738. The Balaban J connectivity index is 1.64. The van der Waals surface area contributed by atoms with Gasteiger partial charge in [0.1, 0.15) is 0 Å². The second-order valence-corrected chi connectivity index (χ2v) is 5.05. The molecule has 0 amide bonds. The van der Waals surface area contributed by atoms with Gasteiger partial charge in [0.2, 0.25) is 0 Å². The summed E-state index contributed by atoms with van der Waals surface area (Å²) in [5, 5.41) is 3.72. The summed E-state index contributed by atoms with van der Waals surface area (Å²) in [6, 6.07) is 1.66. The molecule has 1 N–H and O–H groups in total. The summed E-state index contributed by atoms with van der Waals surface area (Å²) in [4.78, 5) is 2.53. The van der Waals surface area contributed by atoms with E-state index in [0.717, 1.165) is 18.0 Å². The third-order valence-corrected chi connectivity index (χ3v) is 3.98. The number of rotatable bonds is 4. The summed E-state index contributed by atoms with van der Waals surface area (Å²) in [6.45, 7) is 4.82. The zero-order valence-electron chi connectivity index (χ0n) is 9.63. The molecule has 1 aliphatic heterocycles. The Morgan fingerprint density at radius 1 is 1.36 bits per heavy atom. The fraction of sp³-hybridized carbons (Fsp3) is 1.00. The molecule has 0 aromatic rings. The number of piperidine rings is 1. The van der Waals surface area contributed by atoms with E-state index in [-0.39, 0.29) is 0 Å². The first-order valence-corrected chi connectivity index (χ1v) is 6.25. The number of likely N-dealkylation sites (N-methyl/N-ethyl adjacent to an activating group) is 1. The minimum atomic E-state index is 0.807. The zero-order chi connectivity index (χ0) is 9.97. The third kappa shape index (κ3) is 2.48. The molecule has 2 rings (SSSR count). The van der Waals surface area contributed by atoms with Crippen LogP contribution in [0.5, 0.6) is 0 Å². The lowest BCUT2D eigenvalue weighted by atomic mass is 10.0. The van der Waals surface area contributed by atoms with Crippen LogP contribution in [0.2, 0.25) is 0 Å². The Morgan fingerprint density at radius 2 is 2.21 bits per heavy atom. The van der Waals surface area contributed by atoms with Gasteiger partial charge in [0.05, 0.1) is 0 Å². The standard InChI is InChI=1S/C12H24N2/c1-3-10-8-12(10)13-9-11-6-4-5-7-14(11)2/h10-13H,3-9H2,1-2H3. The fourth-order valence-corrected chi connectivity index (χ4v) is 2.64. The molecule has 1 aliphatic carbocycles. The first kappa shape index (κ1) is 10.4. The number of nitrogens with one attached hydrogen (secondary N) is 1. The van der Waals surface area contributed by atoms with Gasteiger partial charge >= 0.3 is 0 Å². The van der Waals surface area contributed by atoms with Crippen molar-refractivity contribution in [2.45, 2.75) is 51.1 Å². The topological polar surface area (TPSA) is 15.3 Å². The molecule has 2 aliphatic rings. The maximum Gasteiger partial charge on any atom is 0.0217 e. The number of nitrogens with zero attached hydrogens (tertiary/aromatic N) is 1. The summed E-state index contributed by atoms with van der Waals surface area (Å²) in [7, 11) is 2.27. The number of hydrogen-bond acceptors (Lipinski definition) is 2. The molecule has 2 nitrogen and oxygen atoms in total. The summed E-state index contributed by atoms with van der Waals surface area (Å²) in [5.41, 5.74) is 0. The molecule has 3 unspecified atom stereocenters. The van der Waals surface area contributed by atoms with E-state index in [0.29, 0.717) is 0 Å². The minimum Gasteiger partial charge on any atom is -0.312 e. The van der Waals surface area contributed by atoms with Gasteiger partial charge in [-0.05, 0) is 38.8 Å². The normalized spacial score (nSPS) is 38.6. The molecular formula is C12H24N2. The van der Waals surface area contributed by atoms with Gasteiger partial charge < -0.3 is 10.2 Å². The largest absolute Gasteiger partial charge is 0.312 e. The summed E-state index contributed by atoms with van der Waals surface area (Å²) >= 11 is 0. The molecule has 1 saturated carbocycles. The third-order valence-electron chi connectivity index (χ3n) is 3.98. The number of hydrogen-bond donors (Lipinski definition) is 1. The van der Waals surface area contributed by atoms with E-state index in [1.807, 2.05) is 0 Å². The van der Waals surface area contributed by atoms with E-state index in [4.69, 9.17) is 0 Å². The Bertz CT molecular complexity index is 181. The van der Waals surface area contributed by atoms with Gasteiger partial charge in [-0.1, -0.05) is 19.8 Å². The Morgan fingerprint density at radius 3 is 2.86 bits per heavy atom. The molecule has 1 saturated heterocycles. The monoisotopic (exact) mass is 196 g/mol. The summed E-state index contributed by atoms with van der Waals surface area (Å²) < 4.78 is 0. The maximum absolute atomic E-state index is 3.72. The van der Waals surface area contributed by atoms with Crippen molar-refractivity contribution in [2.24, 2.45) is 5.92 Å². The van der Waals surface area contributed by atoms with Gasteiger partial charge in [-0.15, -0.1) is 0 Å². The van der Waals surface area contributed by atoms with Crippen LogP contribution in [-0.4, -0.2) is 37.1 Å². The van der Waals surface area contributed by atoms with Crippen LogP contribution in [0.1, 0.15) is 39.0 Å². The summed E-state index contributed by atoms with van der Waals surface area (Å²) in [6.07, 6.45) is 7.00. The Hall–Kier alpha value is -0.0800. The fourth-order valence-electron chi connectivity index (χ4n) is 2.64. The van der Waals surface area contributed by atoms with Crippen LogP contribution in [0.4, 0.5) is 0 Å². The van der Waals surface area contributed by atoms with E-state index in [1.54, 1.807) is 0 Å². The Labute approximate surface area is 88.1 Å². The maximum atomic E-state index is 3.72.